The smallest absolute Gasteiger partial charge is 0.223 e. The first-order chi connectivity index (χ1) is 13.1. The number of carbonyl (C=O) groups is 1. The molecule has 3 rings (SSSR count). The Labute approximate surface area is 166 Å². The molecule has 0 unspecified atom stereocenters. The summed E-state index contributed by atoms with van der Waals surface area (Å²) in [5, 5.41) is 0.668. The van der Waals surface area contributed by atoms with Crippen LogP contribution in [0.25, 0.3) is 0 Å². The molecule has 0 saturated carbocycles. The van der Waals surface area contributed by atoms with Crippen molar-refractivity contribution in [2.75, 3.05) is 20.8 Å². The lowest BCUT2D eigenvalue weighted by Crippen LogP contribution is -2.40. The van der Waals surface area contributed by atoms with Crippen LogP contribution in [0.2, 0.25) is 5.02 Å². The Bertz CT molecular complexity index is 821. The van der Waals surface area contributed by atoms with Crippen molar-refractivity contribution in [3.63, 3.8) is 0 Å². The third kappa shape index (κ3) is 4.06. The van der Waals surface area contributed by atoms with Gasteiger partial charge in [0.05, 0.1) is 20.3 Å². The first-order valence-corrected chi connectivity index (χ1v) is 9.76. The summed E-state index contributed by atoms with van der Waals surface area (Å²) in [4.78, 5) is 14.9. The normalized spacial score (nSPS) is 16.0. The predicted octanol–water partition coefficient (Wildman–Crippen LogP) is 5.02. The lowest BCUT2D eigenvalue weighted by molar-refractivity contribution is -0.133. The number of benzene rings is 2. The molecule has 27 heavy (non-hydrogen) atoms. The Kier molecular flexibility index (Phi) is 6.27. The molecule has 1 aliphatic heterocycles. The second kappa shape index (κ2) is 8.66. The molecule has 1 amide bonds. The van der Waals surface area contributed by atoms with Gasteiger partial charge < -0.3 is 14.4 Å². The standard InChI is InChI=1S/C22H26ClNO3/c1-4-5-9-21(25)24-11-10-15-13-19(26-2)20(27-3)14-18(15)22(24)16-7-6-8-17(23)12-16/h6-8,12-14,22H,4-5,9-11H2,1-3H3/t22-/m0/s1. The minimum Gasteiger partial charge on any atom is -0.493 e. The second-order valence-corrected chi connectivity index (χ2v) is 7.24. The molecule has 1 aliphatic rings. The van der Waals surface area contributed by atoms with Crippen LogP contribution in [-0.4, -0.2) is 31.6 Å². The van der Waals surface area contributed by atoms with Crippen molar-refractivity contribution < 1.29 is 14.3 Å². The first kappa shape index (κ1) is 19.6. The van der Waals surface area contributed by atoms with Gasteiger partial charge in [-0.1, -0.05) is 37.1 Å². The number of ether oxygens (including phenoxy) is 2. The first-order valence-electron chi connectivity index (χ1n) is 9.38. The molecule has 1 heterocycles. The Morgan fingerprint density at radius 2 is 1.93 bits per heavy atom. The van der Waals surface area contributed by atoms with E-state index in [1.54, 1.807) is 14.2 Å². The molecule has 4 nitrogen and oxygen atoms in total. The molecule has 0 N–H and O–H groups in total. The minimum absolute atomic E-state index is 0.170. The molecular weight excluding hydrogens is 362 g/mol. The Hall–Kier alpha value is -2.20. The Balaban J connectivity index is 2.10. The molecule has 0 fully saturated rings. The summed E-state index contributed by atoms with van der Waals surface area (Å²) in [6.45, 7) is 2.78. The summed E-state index contributed by atoms with van der Waals surface area (Å²) in [7, 11) is 3.27. The van der Waals surface area contributed by atoms with Gasteiger partial charge in [-0.05, 0) is 53.8 Å². The molecule has 0 bridgehead atoms. The predicted molar refractivity (Wildman–Crippen MR) is 108 cm³/mol. The summed E-state index contributed by atoms with van der Waals surface area (Å²) in [6, 6.07) is 11.6. The summed E-state index contributed by atoms with van der Waals surface area (Å²) in [5.74, 6) is 1.57. The maximum Gasteiger partial charge on any atom is 0.223 e. The number of rotatable bonds is 6. The summed E-state index contributed by atoms with van der Waals surface area (Å²) < 4.78 is 11.0. The molecule has 2 aromatic carbocycles. The number of nitrogens with zero attached hydrogens (tertiary/aromatic N) is 1. The van der Waals surface area contributed by atoms with E-state index in [1.165, 1.54) is 5.56 Å². The molecule has 0 spiro atoms. The van der Waals surface area contributed by atoms with E-state index in [1.807, 2.05) is 41.3 Å². The van der Waals surface area contributed by atoms with Crippen LogP contribution in [-0.2, 0) is 11.2 Å². The molecule has 0 aliphatic carbocycles. The van der Waals surface area contributed by atoms with Crippen molar-refractivity contribution in [1.29, 1.82) is 0 Å². The van der Waals surface area contributed by atoms with Crippen LogP contribution in [0.1, 0.15) is 48.9 Å². The van der Waals surface area contributed by atoms with E-state index >= 15 is 0 Å². The van der Waals surface area contributed by atoms with Gasteiger partial charge in [0.25, 0.3) is 0 Å². The third-order valence-electron chi connectivity index (χ3n) is 5.10. The van der Waals surface area contributed by atoms with E-state index in [0.717, 1.165) is 30.4 Å². The quantitative estimate of drug-likeness (QED) is 0.698. The molecule has 144 valence electrons. The average Bonchev–Trinajstić information content (AvgIpc) is 2.69. The van der Waals surface area contributed by atoms with Crippen LogP contribution in [0.5, 0.6) is 11.5 Å². The van der Waals surface area contributed by atoms with Gasteiger partial charge in [0, 0.05) is 18.0 Å². The zero-order chi connectivity index (χ0) is 19.4. The highest BCUT2D eigenvalue weighted by Gasteiger charge is 2.33. The number of carbonyl (C=O) groups excluding carboxylic acids is 1. The number of hydrogen-bond donors (Lipinski definition) is 0. The van der Waals surface area contributed by atoms with Crippen LogP contribution in [0.3, 0.4) is 0 Å². The van der Waals surface area contributed by atoms with Crippen molar-refractivity contribution in [3.05, 3.63) is 58.1 Å². The highest BCUT2D eigenvalue weighted by atomic mass is 35.5. The van der Waals surface area contributed by atoms with Crippen molar-refractivity contribution in [2.24, 2.45) is 0 Å². The van der Waals surface area contributed by atoms with E-state index in [9.17, 15) is 4.79 Å². The van der Waals surface area contributed by atoms with Crippen molar-refractivity contribution in [3.8, 4) is 11.5 Å². The van der Waals surface area contributed by atoms with Crippen LogP contribution in [0, 0.1) is 0 Å². The van der Waals surface area contributed by atoms with Gasteiger partial charge in [0.2, 0.25) is 5.91 Å². The molecule has 1 atom stereocenters. The number of unbranched alkanes of at least 4 members (excludes halogenated alkanes) is 1. The zero-order valence-corrected chi connectivity index (χ0v) is 16.9. The van der Waals surface area contributed by atoms with E-state index in [0.29, 0.717) is 29.5 Å². The number of methoxy groups -OCH3 is 2. The minimum atomic E-state index is -0.170. The molecule has 0 saturated heterocycles. The fraction of sp³-hybridized carbons (Fsp3) is 0.409. The van der Waals surface area contributed by atoms with Gasteiger partial charge in [-0.15, -0.1) is 0 Å². The van der Waals surface area contributed by atoms with E-state index in [2.05, 4.69) is 6.92 Å². The molecule has 0 radical (unpaired) electrons. The molecular formula is C22H26ClNO3. The number of fused-ring (bicyclic) bond motifs is 1. The van der Waals surface area contributed by atoms with Crippen LogP contribution in [0.4, 0.5) is 0 Å². The average molecular weight is 388 g/mol. The fourth-order valence-corrected chi connectivity index (χ4v) is 3.92. The SMILES string of the molecule is CCCCC(=O)N1CCc2cc(OC)c(OC)cc2[C@@H]1c1cccc(Cl)c1. The van der Waals surface area contributed by atoms with E-state index in [4.69, 9.17) is 21.1 Å². The summed E-state index contributed by atoms with van der Waals surface area (Å²) in [6.07, 6.45) is 3.26. The Morgan fingerprint density at radius 3 is 2.59 bits per heavy atom. The zero-order valence-electron chi connectivity index (χ0n) is 16.1. The number of halogens is 1. The van der Waals surface area contributed by atoms with Gasteiger partial charge in [0.15, 0.2) is 11.5 Å². The van der Waals surface area contributed by atoms with Crippen LogP contribution in [0.15, 0.2) is 36.4 Å². The highest BCUT2D eigenvalue weighted by Crippen LogP contribution is 2.41. The molecule has 5 heteroatoms. The highest BCUT2D eigenvalue weighted by molar-refractivity contribution is 6.30. The third-order valence-corrected chi connectivity index (χ3v) is 5.34. The fourth-order valence-electron chi connectivity index (χ4n) is 3.72. The van der Waals surface area contributed by atoms with Gasteiger partial charge in [-0.3, -0.25) is 4.79 Å². The van der Waals surface area contributed by atoms with Gasteiger partial charge in [-0.25, -0.2) is 0 Å². The van der Waals surface area contributed by atoms with Crippen molar-refractivity contribution >= 4 is 17.5 Å². The Morgan fingerprint density at radius 1 is 1.19 bits per heavy atom. The monoisotopic (exact) mass is 387 g/mol. The van der Waals surface area contributed by atoms with Gasteiger partial charge in [0.1, 0.15) is 0 Å². The van der Waals surface area contributed by atoms with E-state index < -0.39 is 0 Å². The lowest BCUT2D eigenvalue weighted by atomic mass is 9.87. The number of hydrogen-bond acceptors (Lipinski definition) is 3. The van der Waals surface area contributed by atoms with Crippen LogP contribution >= 0.6 is 11.6 Å². The van der Waals surface area contributed by atoms with Gasteiger partial charge in [-0.2, -0.15) is 0 Å². The largest absolute Gasteiger partial charge is 0.493 e. The van der Waals surface area contributed by atoms with Crippen molar-refractivity contribution in [1.82, 2.24) is 4.90 Å². The maximum absolute atomic E-state index is 13.0. The maximum atomic E-state index is 13.0. The topological polar surface area (TPSA) is 38.8 Å². The van der Waals surface area contributed by atoms with Crippen molar-refractivity contribution in [2.45, 2.75) is 38.6 Å². The van der Waals surface area contributed by atoms with Crippen LogP contribution < -0.4 is 9.47 Å². The second-order valence-electron chi connectivity index (χ2n) is 6.80. The van der Waals surface area contributed by atoms with Gasteiger partial charge >= 0.3 is 0 Å². The molecule has 0 aromatic heterocycles. The summed E-state index contributed by atoms with van der Waals surface area (Å²) >= 11 is 6.26. The number of amides is 1. The lowest BCUT2D eigenvalue weighted by Gasteiger charge is -2.38. The van der Waals surface area contributed by atoms with E-state index in [-0.39, 0.29) is 11.9 Å². The molecule has 2 aromatic rings. The summed E-state index contributed by atoms with van der Waals surface area (Å²) in [5.41, 5.74) is 3.27.